The lowest BCUT2D eigenvalue weighted by molar-refractivity contribution is 0.522. The lowest BCUT2D eigenvalue weighted by Crippen LogP contribution is -2.19. The van der Waals surface area contributed by atoms with Crippen LogP contribution in [0, 0.1) is 5.82 Å². The van der Waals surface area contributed by atoms with Crippen LogP contribution in [0.25, 0.3) is 0 Å². The summed E-state index contributed by atoms with van der Waals surface area (Å²) < 4.78 is 12.9. The molecular weight excluding hydrogens is 430 g/mol. The topological polar surface area (TPSA) is 38.0 Å². The van der Waals surface area contributed by atoms with Crippen LogP contribution in [0.4, 0.5) is 4.39 Å². The van der Waals surface area contributed by atoms with Gasteiger partial charge in [-0.3, -0.25) is 0 Å². The Morgan fingerprint density at radius 3 is 1.58 bits per heavy atom. The summed E-state index contributed by atoms with van der Waals surface area (Å²) in [6.45, 7) is 4.42. The Labute approximate surface area is 204 Å². The van der Waals surface area contributed by atoms with E-state index in [4.69, 9.17) is 5.73 Å². The summed E-state index contributed by atoms with van der Waals surface area (Å²) in [5.41, 5.74) is 7.19. The minimum absolute atomic E-state index is 0. The summed E-state index contributed by atoms with van der Waals surface area (Å²) in [7, 11) is 0. The average molecular weight is 480 g/mol. The average Bonchev–Trinajstić information content (AvgIpc) is 2.73. The number of nitrogens with one attached hydrogen (secondary N) is 1. The summed E-state index contributed by atoms with van der Waals surface area (Å²) in [5.74, 6) is -0.198. The van der Waals surface area contributed by atoms with Crippen molar-refractivity contribution in [3.8, 4) is 0 Å². The molecule has 0 aromatic heterocycles. The Morgan fingerprint density at radius 2 is 1.10 bits per heavy atom. The highest BCUT2D eigenvalue weighted by molar-refractivity contribution is 5.85. The highest BCUT2D eigenvalue weighted by Crippen LogP contribution is 2.16. The highest BCUT2D eigenvalue weighted by Gasteiger charge is 2.05. The van der Waals surface area contributed by atoms with Gasteiger partial charge >= 0.3 is 0 Å². The van der Waals surface area contributed by atoms with Crippen LogP contribution in [0.2, 0.25) is 0 Å². The normalized spacial score (nSPS) is 11.6. The van der Waals surface area contributed by atoms with Gasteiger partial charge in [-0.05, 0) is 50.0 Å². The summed E-state index contributed by atoms with van der Waals surface area (Å²) in [6.07, 6.45) is 21.7. The van der Waals surface area contributed by atoms with Crippen LogP contribution in [0.3, 0.4) is 0 Å². The standard InChI is InChI=1S/C26H47FN2.2ClH/c1-2-3-4-5-6-7-8-9-10-11-12-13-14-15-22-29-23-16-17-26(28)24-18-20-25(27)21-19-24;;/h18-21,26,29H,2-17,22-23,28H2,1H3;2*1H. The third-order valence-electron chi connectivity index (χ3n) is 5.87. The third kappa shape index (κ3) is 20.0. The van der Waals surface area contributed by atoms with Crippen molar-refractivity contribution in [2.24, 2.45) is 5.73 Å². The fraction of sp³-hybridized carbons (Fsp3) is 0.769. The van der Waals surface area contributed by atoms with Gasteiger partial charge in [0.1, 0.15) is 5.82 Å². The first kappa shape index (κ1) is 32.8. The van der Waals surface area contributed by atoms with Crippen molar-refractivity contribution in [2.45, 2.75) is 116 Å². The molecule has 31 heavy (non-hydrogen) atoms. The van der Waals surface area contributed by atoms with E-state index >= 15 is 0 Å². The summed E-state index contributed by atoms with van der Waals surface area (Å²) in [6, 6.07) is 6.58. The Hall–Kier alpha value is -0.350. The van der Waals surface area contributed by atoms with E-state index in [1.165, 1.54) is 102 Å². The highest BCUT2D eigenvalue weighted by atomic mass is 35.5. The summed E-state index contributed by atoms with van der Waals surface area (Å²) in [4.78, 5) is 0. The monoisotopic (exact) mass is 478 g/mol. The molecule has 0 fully saturated rings. The second-order valence-electron chi connectivity index (χ2n) is 8.65. The molecule has 0 spiro atoms. The number of hydrogen-bond donors (Lipinski definition) is 2. The molecule has 1 atom stereocenters. The Morgan fingerprint density at radius 1 is 0.677 bits per heavy atom. The molecule has 5 heteroatoms. The van der Waals surface area contributed by atoms with Crippen LogP contribution in [0.5, 0.6) is 0 Å². The van der Waals surface area contributed by atoms with Crippen LogP contribution in [-0.2, 0) is 0 Å². The number of hydrogen-bond acceptors (Lipinski definition) is 2. The van der Waals surface area contributed by atoms with Crippen molar-refractivity contribution in [3.05, 3.63) is 35.6 Å². The van der Waals surface area contributed by atoms with Gasteiger partial charge in [-0.2, -0.15) is 0 Å². The van der Waals surface area contributed by atoms with Gasteiger partial charge in [0.2, 0.25) is 0 Å². The molecule has 0 heterocycles. The number of benzene rings is 1. The van der Waals surface area contributed by atoms with Gasteiger partial charge in [0.05, 0.1) is 0 Å². The minimum Gasteiger partial charge on any atom is -0.324 e. The number of unbranched alkanes of at least 4 members (excludes halogenated alkanes) is 13. The number of nitrogens with two attached hydrogens (primary N) is 1. The van der Waals surface area contributed by atoms with Crippen molar-refractivity contribution < 1.29 is 4.39 Å². The molecule has 1 unspecified atom stereocenters. The lowest BCUT2D eigenvalue weighted by atomic mass is 10.0. The zero-order chi connectivity index (χ0) is 21.0. The second-order valence-corrected chi connectivity index (χ2v) is 8.65. The van der Waals surface area contributed by atoms with Crippen LogP contribution in [-0.4, -0.2) is 13.1 Å². The molecule has 0 bridgehead atoms. The van der Waals surface area contributed by atoms with Gasteiger partial charge in [0.15, 0.2) is 0 Å². The molecule has 0 saturated carbocycles. The molecule has 1 aromatic rings. The molecule has 0 radical (unpaired) electrons. The molecule has 3 N–H and O–H groups in total. The molecule has 184 valence electrons. The van der Waals surface area contributed by atoms with E-state index in [1.807, 2.05) is 0 Å². The molecule has 0 aliphatic heterocycles. The molecule has 0 saturated heterocycles. The van der Waals surface area contributed by atoms with Crippen molar-refractivity contribution >= 4 is 24.8 Å². The van der Waals surface area contributed by atoms with Crippen LogP contribution < -0.4 is 11.1 Å². The van der Waals surface area contributed by atoms with Crippen molar-refractivity contribution in [2.75, 3.05) is 13.1 Å². The molecule has 0 aliphatic rings. The third-order valence-corrected chi connectivity index (χ3v) is 5.87. The number of rotatable bonds is 20. The molecule has 0 amide bonds. The van der Waals surface area contributed by atoms with Crippen molar-refractivity contribution in [1.82, 2.24) is 5.32 Å². The Balaban J connectivity index is 0. The van der Waals surface area contributed by atoms with Crippen molar-refractivity contribution in [1.29, 1.82) is 0 Å². The smallest absolute Gasteiger partial charge is 0.123 e. The SMILES string of the molecule is CCCCCCCCCCCCCCCCNCCCC(N)c1ccc(F)cc1.Cl.Cl. The van der Waals surface area contributed by atoms with E-state index in [1.54, 1.807) is 12.1 Å². The molecule has 1 rings (SSSR count). The zero-order valence-corrected chi connectivity index (χ0v) is 21.5. The van der Waals surface area contributed by atoms with E-state index < -0.39 is 0 Å². The molecular formula is C26H49Cl2FN2. The summed E-state index contributed by atoms with van der Waals surface area (Å²) >= 11 is 0. The maximum Gasteiger partial charge on any atom is 0.123 e. The maximum atomic E-state index is 12.9. The maximum absolute atomic E-state index is 12.9. The van der Waals surface area contributed by atoms with Gasteiger partial charge in [0.25, 0.3) is 0 Å². The molecule has 2 nitrogen and oxygen atoms in total. The van der Waals surface area contributed by atoms with Gasteiger partial charge in [-0.1, -0.05) is 103 Å². The van der Waals surface area contributed by atoms with Crippen LogP contribution >= 0.6 is 24.8 Å². The van der Waals surface area contributed by atoms with E-state index in [2.05, 4.69) is 12.2 Å². The Bertz CT molecular complexity index is 471. The molecule has 1 aromatic carbocycles. The van der Waals surface area contributed by atoms with Gasteiger partial charge in [0, 0.05) is 6.04 Å². The predicted octanol–water partition coefficient (Wildman–Crippen LogP) is 8.52. The largest absolute Gasteiger partial charge is 0.324 e. The summed E-state index contributed by atoms with van der Waals surface area (Å²) in [5, 5.41) is 3.53. The van der Waals surface area contributed by atoms with Crippen LogP contribution in [0.15, 0.2) is 24.3 Å². The van der Waals surface area contributed by atoms with Crippen LogP contribution in [0.1, 0.15) is 121 Å². The van der Waals surface area contributed by atoms with Gasteiger partial charge < -0.3 is 11.1 Å². The fourth-order valence-electron chi connectivity index (χ4n) is 3.89. The number of halogens is 3. The fourth-order valence-corrected chi connectivity index (χ4v) is 3.89. The first-order valence-electron chi connectivity index (χ1n) is 12.5. The first-order chi connectivity index (χ1) is 14.2. The predicted molar refractivity (Wildman–Crippen MR) is 140 cm³/mol. The quantitative estimate of drug-likeness (QED) is 0.184. The Kier molecular flexibility index (Phi) is 25.7. The van der Waals surface area contributed by atoms with E-state index in [9.17, 15) is 4.39 Å². The van der Waals surface area contributed by atoms with E-state index in [0.29, 0.717) is 0 Å². The lowest BCUT2D eigenvalue weighted by Gasteiger charge is -2.12. The first-order valence-corrected chi connectivity index (χ1v) is 12.5. The zero-order valence-electron chi connectivity index (χ0n) is 19.9. The second kappa shape index (κ2) is 24.3. The van der Waals surface area contributed by atoms with Crippen molar-refractivity contribution in [3.63, 3.8) is 0 Å². The molecule has 0 aliphatic carbocycles. The minimum atomic E-state index is -0.198. The van der Waals surface area contributed by atoms with E-state index in [-0.39, 0.29) is 36.7 Å². The van der Waals surface area contributed by atoms with Gasteiger partial charge in [-0.15, -0.1) is 24.8 Å². The van der Waals surface area contributed by atoms with E-state index in [0.717, 1.165) is 31.5 Å². The van der Waals surface area contributed by atoms with Gasteiger partial charge in [-0.25, -0.2) is 4.39 Å².